The third-order valence-electron chi connectivity index (χ3n) is 4.26. The van der Waals surface area contributed by atoms with Gasteiger partial charge < -0.3 is 14.4 Å². The zero-order valence-electron chi connectivity index (χ0n) is 14.6. The number of hydrogen-bond donors (Lipinski definition) is 0. The average molecular weight is 375 g/mol. The van der Waals surface area contributed by atoms with E-state index in [-0.39, 0.29) is 25.3 Å². The molecule has 0 saturated carbocycles. The molecule has 1 amide bonds. The monoisotopic (exact) mass is 375 g/mol. The van der Waals surface area contributed by atoms with Crippen molar-refractivity contribution in [3.63, 3.8) is 0 Å². The van der Waals surface area contributed by atoms with Crippen LogP contribution >= 0.6 is 0 Å². The van der Waals surface area contributed by atoms with Crippen LogP contribution in [0.2, 0.25) is 0 Å². The maximum atomic E-state index is 13.8. The SMILES string of the molecule is COC(=O)[C@@H]1C[C@H](Oc2ccccc2F)CN1C(=O)Cn1ncccc1=O. The number of aromatic nitrogens is 2. The molecule has 27 heavy (non-hydrogen) atoms. The number of methoxy groups -OCH3 is 1. The fraction of sp³-hybridized carbons (Fsp3) is 0.333. The van der Waals surface area contributed by atoms with Gasteiger partial charge in [0.25, 0.3) is 5.56 Å². The Hall–Kier alpha value is -3.23. The predicted molar refractivity (Wildman–Crippen MR) is 91.4 cm³/mol. The standard InChI is InChI=1S/C18H18FN3O5/c1-26-18(25)14-9-12(27-15-6-3-2-5-13(15)19)10-21(14)17(24)11-22-16(23)7-4-8-20-22/h2-8,12,14H,9-11H2,1H3/t12-,14-/m0/s1. The highest BCUT2D eigenvalue weighted by Crippen LogP contribution is 2.25. The Balaban J connectivity index is 1.76. The molecule has 2 heterocycles. The van der Waals surface area contributed by atoms with Crippen molar-refractivity contribution in [3.8, 4) is 5.75 Å². The van der Waals surface area contributed by atoms with Gasteiger partial charge in [0.1, 0.15) is 18.7 Å². The van der Waals surface area contributed by atoms with Crippen molar-refractivity contribution in [3.05, 3.63) is 58.8 Å². The minimum absolute atomic E-state index is 0.0429. The van der Waals surface area contributed by atoms with Crippen LogP contribution in [0.4, 0.5) is 4.39 Å². The molecule has 2 atom stereocenters. The summed E-state index contributed by atoms with van der Waals surface area (Å²) in [6.07, 6.45) is 0.958. The molecule has 3 rings (SSSR count). The lowest BCUT2D eigenvalue weighted by atomic mass is 10.2. The first kappa shape index (κ1) is 18.6. The van der Waals surface area contributed by atoms with Crippen molar-refractivity contribution >= 4 is 11.9 Å². The van der Waals surface area contributed by atoms with Gasteiger partial charge in [0.05, 0.1) is 13.7 Å². The smallest absolute Gasteiger partial charge is 0.328 e. The summed E-state index contributed by atoms with van der Waals surface area (Å²) in [4.78, 5) is 37.8. The zero-order valence-corrected chi connectivity index (χ0v) is 14.6. The van der Waals surface area contributed by atoms with Gasteiger partial charge in [-0.2, -0.15) is 5.10 Å². The Kier molecular flexibility index (Phi) is 5.49. The number of para-hydroxylation sites is 1. The molecule has 1 aromatic carbocycles. The van der Waals surface area contributed by atoms with Crippen LogP contribution in [0.1, 0.15) is 6.42 Å². The van der Waals surface area contributed by atoms with Crippen molar-refractivity contribution in [1.82, 2.24) is 14.7 Å². The van der Waals surface area contributed by atoms with E-state index in [1.807, 2.05) is 0 Å². The van der Waals surface area contributed by atoms with Crippen LogP contribution in [-0.4, -0.2) is 52.4 Å². The molecule has 1 fully saturated rings. The average Bonchev–Trinajstić information content (AvgIpc) is 3.09. The molecule has 0 spiro atoms. The number of benzene rings is 1. The molecule has 2 aromatic rings. The molecule has 0 radical (unpaired) electrons. The molecular weight excluding hydrogens is 357 g/mol. The fourth-order valence-corrected chi connectivity index (χ4v) is 2.96. The summed E-state index contributed by atoms with van der Waals surface area (Å²) in [5.41, 5.74) is -0.432. The lowest BCUT2D eigenvalue weighted by molar-refractivity contribution is -0.151. The molecule has 0 bridgehead atoms. The molecule has 9 heteroatoms. The van der Waals surface area contributed by atoms with E-state index in [0.717, 1.165) is 4.68 Å². The van der Waals surface area contributed by atoms with Crippen LogP contribution in [0.3, 0.4) is 0 Å². The quantitative estimate of drug-likeness (QED) is 0.711. The minimum Gasteiger partial charge on any atom is -0.485 e. The van der Waals surface area contributed by atoms with Gasteiger partial charge in [0.2, 0.25) is 5.91 Å². The molecule has 8 nitrogen and oxygen atoms in total. The van der Waals surface area contributed by atoms with Gasteiger partial charge >= 0.3 is 5.97 Å². The van der Waals surface area contributed by atoms with Gasteiger partial charge in [0.15, 0.2) is 11.6 Å². The Morgan fingerprint density at radius 3 is 2.74 bits per heavy atom. The Labute approximate surface area is 154 Å². The van der Waals surface area contributed by atoms with E-state index in [2.05, 4.69) is 5.10 Å². The second-order valence-electron chi connectivity index (χ2n) is 6.01. The molecule has 1 aromatic heterocycles. The Bertz CT molecular complexity index is 900. The first-order chi connectivity index (χ1) is 13.0. The van der Waals surface area contributed by atoms with Crippen LogP contribution in [-0.2, 0) is 20.9 Å². The minimum atomic E-state index is -0.876. The number of carbonyl (C=O) groups excluding carboxylic acids is 2. The topological polar surface area (TPSA) is 90.7 Å². The van der Waals surface area contributed by atoms with E-state index in [9.17, 15) is 18.8 Å². The highest BCUT2D eigenvalue weighted by molar-refractivity contribution is 5.85. The van der Waals surface area contributed by atoms with E-state index in [4.69, 9.17) is 9.47 Å². The van der Waals surface area contributed by atoms with Crippen LogP contribution < -0.4 is 10.3 Å². The number of amides is 1. The molecule has 1 saturated heterocycles. The van der Waals surface area contributed by atoms with Crippen LogP contribution in [0, 0.1) is 5.82 Å². The molecule has 0 N–H and O–H groups in total. The third kappa shape index (κ3) is 4.13. The Morgan fingerprint density at radius 1 is 1.26 bits per heavy atom. The van der Waals surface area contributed by atoms with Gasteiger partial charge in [-0.25, -0.2) is 13.9 Å². The van der Waals surface area contributed by atoms with Gasteiger partial charge in [-0.05, 0) is 18.2 Å². The normalized spacial score (nSPS) is 19.0. The second-order valence-corrected chi connectivity index (χ2v) is 6.01. The number of nitrogens with zero attached hydrogens (tertiary/aromatic N) is 3. The molecule has 1 aliphatic rings. The lowest BCUT2D eigenvalue weighted by Crippen LogP contribution is -2.44. The second kappa shape index (κ2) is 7.98. The van der Waals surface area contributed by atoms with Crippen LogP contribution in [0.5, 0.6) is 5.75 Å². The Morgan fingerprint density at radius 2 is 2.04 bits per heavy atom. The molecule has 0 unspecified atom stereocenters. The summed E-state index contributed by atoms with van der Waals surface area (Å²) in [6.45, 7) is -0.256. The van der Waals surface area contributed by atoms with Crippen molar-refractivity contribution in [1.29, 1.82) is 0 Å². The number of rotatable bonds is 5. The first-order valence-electron chi connectivity index (χ1n) is 8.30. The van der Waals surface area contributed by atoms with E-state index in [1.54, 1.807) is 6.07 Å². The summed E-state index contributed by atoms with van der Waals surface area (Å²) in [6, 6.07) is 7.77. The summed E-state index contributed by atoms with van der Waals surface area (Å²) in [5.74, 6) is -1.57. The van der Waals surface area contributed by atoms with E-state index in [1.165, 1.54) is 48.5 Å². The first-order valence-corrected chi connectivity index (χ1v) is 8.30. The van der Waals surface area contributed by atoms with Crippen LogP contribution in [0.25, 0.3) is 0 Å². The summed E-state index contributed by atoms with van der Waals surface area (Å²) < 4.78 is 25.2. The van der Waals surface area contributed by atoms with E-state index in [0.29, 0.717) is 0 Å². The molecule has 0 aliphatic carbocycles. The van der Waals surface area contributed by atoms with Gasteiger partial charge in [-0.15, -0.1) is 0 Å². The van der Waals surface area contributed by atoms with Gasteiger partial charge in [-0.1, -0.05) is 12.1 Å². The summed E-state index contributed by atoms with van der Waals surface area (Å²) in [7, 11) is 1.22. The number of esters is 1. The number of ether oxygens (including phenoxy) is 2. The van der Waals surface area contributed by atoms with Gasteiger partial charge in [-0.3, -0.25) is 9.59 Å². The molecular formula is C18H18FN3O5. The number of likely N-dealkylation sites (tertiary alicyclic amines) is 1. The van der Waals surface area contributed by atoms with Gasteiger partial charge in [0, 0.05) is 18.7 Å². The third-order valence-corrected chi connectivity index (χ3v) is 4.26. The largest absolute Gasteiger partial charge is 0.485 e. The number of hydrogen-bond acceptors (Lipinski definition) is 6. The highest BCUT2D eigenvalue weighted by atomic mass is 19.1. The maximum Gasteiger partial charge on any atom is 0.328 e. The highest BCUT2D eigenvalue weighted by Gasteiger charge is 2.41. The molecule has 142 valence electrons. The predicted octanol–water partition coefficient (Wildman–Crippen LogP) is 0.604. The van der Waals surface area contributed by atoms with Crippen LogP contribution in [0.15, 0.2) is 47.4 Å². The summed E-state index contributed by atoms with van der Waals surface area (Å²) in [5, 5.41) is 3.84. The van der Waals surface area contributed by atoms with E-state index < -0.39 is 35.4 Å². The van der Waals surface area contributed by atoms with E-state index >= 15 is 0 Å². The molecule has 1 aliphatic heterocycles. The van der Waals surface area contributed by atoms with Crippen molar-refractivity contribution in [2.24, 2.45) is 0 Å². The lowest BCUT2D eigenvalue weighted by Gasteiger charge is -2.22. The van der Waals surface area contributed by atoms with Crippen molar-refractivity contribution in [2.45, 2.75) is 25.1 Å². The number of halogens is 1. The number of carbonyl (C=O) groups is 2. The zero-order chi connectivity index (χ0) is 19.4. The van der Waals surface area contributed by atoms with Crippen molar-refractivity contribution in [2.75, 3.05) is 13.7 Å². The fourth-order valence-electron chi connectivity index (χ4n) is 2.96. The maximum absolute atomic E-state index is 13.8. The van der Waals surface area contributed by atoms with Crippen molar-refractivity contribution < 1.29 is 23.5 Å². The summed E-state index contributed by atoms with van der Waals surface area (Å²) >= 11 is 0.